The van der Waals surface area contributed by atoms with Crippen LogP contribution >= 0.6 is 0 Å². The molecule has 2 saturated carbocycles. The maximum atomic E-state index is 14.3. The second-order valence-electron chi connectivity index (χ2n) is 11.1. The van der Waals surface area contributed by atoms with Gasteiger partial charge in [-0.25, -0.2) is 12.8 Å². The van der Waals surface area contributed by atoms with Gasteiger partial charge in [-0.15, -0.1) is 0 Å². The Kier molecular flexibility index (Phi) is 6.61. The first kappa shape index (κ1) is 27.9. The Bertz CT molecular complexity index is 1710. The Morgan fingerprint density at radius 3 is 2.38 bits per heavy atom. The molecule has 218 valence electrons. The zero-order valence-electron chi connectivity index (χ0n) is 22.1. The van der Waals surface area contributed by atoms with E-state index in [1.807, 2.05) is 6.07 Å². The second kappa shape index (κ2) is 9.94. The number of hydrogen-bond donors (Lipinski definition) is 1. The number of carbonyl (C=O) groups is 1. The van der Waals surface area contributed by atoms with Gasteiger partial charge >= 0.3 is 12.6 Å². The molecule has 3 aliphatic rings. The van der Waals surface area contributed by atoms with Gasteiger partial charge in [-0.1, -0.05) is 6.07 Å². The number of rotatable bonds is 7. The number of nitriles is 1. The molecule has 8 nitrogen and oxygen atoms in total. The molecule has 3 aromatic rings. The molecule has 0 amide bonds. The highest BCUT2D eigenvalue weighted by Crippen LogP contribution is 2.64. The Balaban J connectivity index is 1.44. The summed E-state index contributed by atoms with van der Waals surface area (Å²) in [6.45, 7) is -3.26. The fourth-order valence-electron chi connectivity index (χ4n) is 6.69. The molecule has 3 aromatic carbocycles. The van der Waals surface area contributed by atoms with E-state index in [4.69, 9.17) is 10.00 Å². The third-order valence-electron chi connectivity index (χ3n) is 8.86. The minimum absolute atomic E-state index is 0.0629. The Morgan fingerprint density at radius 1 is 1.05 bits per heavy atom. The number of ether oxygens (including phenoxy) is 2. The van der Waals surface area contributed by atoms with Crippen LogP contribution in [0.25, 0.3) is 11.1 Å². The predicted molar refractivity (Wildman–Crippen MR) is 144 cm³/mol. The fraction of sp³-hybridized carbons (Fsp3) is 0.333. The average Bonchev–Trinajstić information content (AvgIpc) is 3.55. The zero-order chi connectivity index (χ0) is 29.9. The van der Waals surface area contributed by atoms with Crippen molar-refractivity contribution in [3.05, 3.63) is 72.0 Å². The quantitative estimate of drug-likeness (QED) is 0.357. The lowest BCUT2D eigenvalue weighted by Gasteiger charge is -2.43. The van der Waals surface area contributed by atoms with Crippen molar-refractivity contribution in [2.75, 3.05) is 10.8 Å². The van der Waals surface area contributed by atoms with Crippen LogP contribution in [0.3, 0.4) is 0 Å². The molecule has 1 N–H and O–H groups in total. The molecule has 1 aliphatic heterocycles. The predicted octanol–water partition coefficient (Wildman–Crippen LogP) is 5.96. The van der Waals surface area contributed by atoms with Crippen LogP contribution in [0.1, 0.15) is 37.7 Å². The van der Waals surface area contributed by atoms with E-state index >= 15 is 0 Å². The number of sulfonamides is 1. The summed E-state index contributed by atoms with van der Waals surface area (Å²) in [5, 5.41) is 19.1. The highest BCUT2D eigenvalue weighted by Gasteiger charge is 2.62. The van der Waals surface area contributed by atoms with Crippen LogP contribution in [0.2, 0.25) is 0 Å². The van der Waals surface area contributed by atoms with Crippen molar-refractivity contribution < 1.29 is 41.0 Å². The van der Waals surface area contributed by atoms with Crippen LogP contribution in [0, 0.1) is 28.0 Å². The number of carboxylic acids is 1. The van der Waals surface area contributed by atoms with Crippen molar-refractivity contribution >= 4 is 21.7 Å². The molecule has 42 heavy (non-hydrogen) atoms. The maximum Gasteiger partial charge on any atom is 0.387 e. The van der Waals surface area contributed by atoms with Gasteiger partial charge in [0.2, 0.25) is 0 Å². The molecular weight excluding hydrogens is 573 g/mol. The first-order chi connectivity index (χ1) is 19.9. The number of benzene rings is 3. The highest BCUT2D eigenvalue weighted by atomic mass is 32.2. The van der Waals surface area contributed by atoms with Crippen LogP contribution in [0.4, 0.5) is 18.9 Å². The molecule has 0 spiro atoms. The van der Waals surface area contributed by atoms with Crippen molar-refractivity contribution in [2.24, 2.45) is 10.8 Å². The standard InChI is InChI=1S/C30H25F3N2O6S/c31-21-11-20(12-22(14-21)40-28(32)33)19-3-6-25-24(13-19)35(42(38,39)23-4-1-18(15-34)2-5-23)16-26(41-25)29-7-9-30(17-29,10-8-29)27(36)37/h1-6,11-14,26,28H,7-10,16-17H2,(H,36,37)/t26-,29?,30?/m1/s1. The molecule has 6 rings (SSSR count). The van der Waals surface area contributed by atoms with Gasteiger partial charge in [-0.3, -0.25) is 9.10 Å². The average molecular weight is 599 g/mol. The number of fused-ring (bicyclic) bond motifs is 3. The summed E-state index contributed by atoms with van der Waals surface area (Å²) in [5.41, 5.74) is -0.422. The molecular formula is C30H25F3N2O6S. The van der Waals surface area contributed by atoms with Crippen LogP contribution < -0.4 is 13.8 Å². The van der Waals surface area contributed by atoms with E-state index in [0.29, 0.717) is 37.7 Å². The Labute approximate surface area is 240 Å². The SMILES string of the molecule is N#Cc1ccc(S(=O)(=O)N2C[C@H](C34CCC(C(=O)O)(CC3)C4)Oc3ccc(-c4cc(F)cc(OC(F)F)c4)cc32)cc1. The summed E-state index contributed by atoms with van der Waals surface area (Å²) >= 11 is 0. The van der Waals surface area contributed by atoms with Gasteiger partial charge in [0, 0.05) is 11.5 Å². The van der Waals surface area contributed by atoms with E-state index in [9.17, 15) is 31.5 Å². The molecule has 0 radical (unpaired) electrons. The number of alkyl halides is 2. The highest BCUT2D eigenvalue weighted by molar-refractivity contribution is 7.92. The normalized spacial score (nSPS) is 24.6. The molecule has 12 heteroatoms. The first-order valence-corrected chi connectivity index (χ1v) is 14.7. The monoisotopic (exact) mass is 598 g/mol. The summed E-state index contributed by atoms with van der Waals surface area (Å²) < 4.78 is 80.1. The smallest absolute Gasteiger partial charge is 0.387 e. The van der Waals surface area contributed by atoms with Gasteiger partial charge in [-0.05, 0) is 91.8 Å². The number of halogens is 3. The summed E-state index contributed by atoms with van der Waals surface area (Å²) in [5.74, 6) is -1.82. The number of anilines is 1. The largest absolute Gasteiger partial charge is 0.486 e. The van der Waals surface area contributed by atoms with Crippen molar-refractivity contribution in [3.63, 3.8) is 0 Å². The topological polar surface area (TPSA) is 117 Å². The van der Waals surface area contributed by atoms with Gasteiger partial charge in [0.15, 0.2) is 0 Å². The molecule has 0 saturated heterocycles. The molecule has 2 bridgehead atoms. The number of hydrogen-bond acceptors (Lipinski definition) is 6. The molecule has 1 heterocycles. The number of nitrogens with zero attached hydrogens (tertiary/aromatic N) is 2. The molecule has 2 aliphatic carbocycles. The van der Waals surface area contributed by atoms with Gasteiger partial charge in [0.25, 0.3) is 10.0 Å². The van der Waals surface area contributed by atoms with E-state index in [1.165, 1.54) is 40.7 Å². The number of aliphatic carboxylic acids is 1. The van der Waals surface area contributed by atoms with E-state index in [0.717, 1.165) is 12.1 Å². The summed E-state index contributed by atoms with van der Waals surface area (Å²) in [6.07, 6.45) is 1.89. The Morgan fingerprint density at radius 2 is 1.76 bits per heavy atom. The van der Waals surface area contributed by atoms with Crippen molar-refractivity contribution in [2.45, 2.75) is 49.7 Å². The lowest BCUT2D eigenvalue weighted by atomic mass is 9.78. The first-order valence-electron chi connectivity index (χ1n) is 13.3. The molecule has 1 atom stereocenters. The second-order valence-corrected chi connectivity index (χ2v) is 13.0. The van der Waals surface area contributed by atoms with Gasteiger partial charge in [-0.2, -0.15) is 14.0 Å². The van der Waals surface area contributed by atoms with Crippen molar-refractivity contribution in [1.29, 1.82) is 5.26 Å². The summed E-state index contributed by atoms with van der Waals surface area (Å²) in [7, 11) is -4.22. The summed E-state index contributed by atoms with van der Waals surface area (Å²) in [6, 6.07) is 15.2. The van der Waals surface area contributed by atoms with E-state index < -0.39 is 45.4 Å². The molecule has 0 unspecified atom stereocenters. The van der Waals surface area contributed by atoms with Crippen LogP contribution in [-0.4, -0.2) is 38.8 Å². The third kappa shape index (κ3) is 4.61. The van der Waals surface area contributed by atoms with Gasteiger partial charge in [0.05, 0.1) is 34.2 Å². The van der Waals surface area contributed by atoms with Gasteiger partial charge in [0.1, 0.15) is 23.4 Å². The lowest BCUT2D eigenvalue weighted by Crippen LogP contribution is -2.50. The number of carboxylic acid groups (broad SMARTS) is 1. The van der Waals surface area contributed by atoms with Crippen LogP contribution in [0.15, 0.2) is 65.6 Å². The van der Waals surface area contributed by atoms with Crippen LogP contribution in [0.5, 0.6) is 11.5 Å². The van der Waals surface area contributed by atoms with E-state index in [1.54, 1.807) is 12.1 Å². The van der Waals surface area contributed by atoms with Gasteiger partial charge < -0.3 is 14.6 Å². The van der Waals surface area contributed by atoms with Crippen LogP contribution in [-0.2, 0) is 14.8 Å². The molecule has 0 aromatic heterocycles. The minimum atomic E-state index is -4.22. The zero-order valence-corrected chi connectivity index (χ0v) is 22.9. The maximum absolute atomic E-state index is 14.3. The molecule has 2 fully saturated rings. The summed E-state index contributed by atoms with van der Waals surface area (Å²) in [4.78, 5) is 12.0. The van der Waals surface area contributed by atoms with E-state index in [-0.39, 0.29) is 39.8 Å². The van der Waals surface area contributed by atoms with E-state index in [2.05, 4.69) is 4.74 Å². The third-order valence-corrected chi connectivity index (χ3v) is 10.7. The fourth-order valence-corrected chi connectivity index (χ4v) is 8.15. The Hall–Kier alpha value is -4.24. The van der Waals surface area contributed by atoms with Crippen molar-refractivity contribution in [3.8, 4) is 28.7 Å². The lowest BCUT2D eigenvalue weighted by molar-refractivity contribution is -0.148. The van der Waals surface area contributed by atoms with Crippen molar-refractivity contribution in [1.82, 2.24) is 0 Å². The minimum Gasteiger partial charge on any atom is -0.486 e.